The molecule has 0 saturated heterocycles. The topological polar surface area (TPSA) is 69.5 Å². The molecule has 0 aliphatic carbocycles. The molecule has 0 amide bonds. The van der Waals surface area contributed by atoms with Crippen molar-refractivity contribution in [3.05, 3.63) is 42.0 Å². The van der Waals surface area contributed by atoms with E-state index in [0.717, 1.165) is 53.3 Å². The van der Waals surface area contributed by atoms with Crippen molar-refractivity contribution in [2.24, 2.45) is 5.73 Å². The lowest BCUT2D eigenvalue weighted by molar-refractivity contribution is 0.340. The van der Waals surface area contributed by atoms with Gasteiger partial charge in [0.2, 0.25) is 0 Å². The molecule has 144 valence electrons. The molecule has 2 aromatic carbocycles. The summed E-state index contributed by atoms with van der Waals surface area (Å²) < 4.78 is 16.8. The molecule has 0 atom stereocenters. The van der Waals surface area contributed by atoms with Crippen LogP contribution in [0.4, 0.5) is 0 Å². The molecular formula is C22H28N2O3. The maximum absolute atomic E-state index is 5.71. The van der Waals surface area contributed by atoms with Crippen LogP contribution in [0.3, 0.4) is 0 Å². The summed E-state index contributed by atoms with van der Waals surface area (Å²) >= 11 is 0. The minimum Gasteiger partial charge on any atom is -0.497 e. The number of methoxy groups -OCH3 is 2. The largest absolute Gasteiger partial charge is 0.497 e. The minimum atomic E-state index is 0.648. The van der Waals surface area contributed by atoms with Crippen LogP contribution in [0.1, 0.15) is 25.3 Å². The first-order valence-corrected chi connectivity index (χ1v) is 9.41. The van der Waals surface area contributed by atoms with Gasteiger partial charge in [0.05, 0.1) is 26.5 Å². The molecule has 1 heterocycles. The van der Waals surface area contributed by atoms with E-state index in [1.165, 1.54) is 10.9 Å². The van der Waals surface area contributed by atoms with E-state index in [-0.39, 0.29) is 0 Å². The average molecular weight is 368 g/mol. The van der Waals surface area contributed by atoms with E-state index >= 15 is 0 Å². The Kier molecular flexibility index (Phi) is 6.24. The van der Waals surface area contributed by atoms with Gasteiger partial charge in [-0.2, -0.15) is 0 Å². The maximum atomic E-state index is 5.71. The van der Waals surface area contributed by atoms with Gasteiger partial charge in [0.1, 0.15) is 17.2 Å². The maximum Gasteiger partial charge on any atom is 0.128 e. The van der Waals surface area contributed by atoms with Crippen LogP contribution in [-0.2, 0) is 6.42 Å². The van der Waals surface area contributed by atoms with Gasteiger partial charge in [0.15, 0.2) is 0 Å². The number of H-pyrrole nitrogens is 1. The third kappa shape index (κ3) is 4.03. The summed E-state index contributed by atoms with van der Waals surface area (Å²) in [5.74, 6) is 2.49. The lowest BCUT2D eigenvalue weighted by Crippen LogP contribution is -2.00. The predicted octanol–water partition coefficient (Wildman–Crippen LogP) is 4.53. The molecular weight excluding hydrogens is 340 g/mol. The number of hydrogen-bond donors (Lipinski definition) is 2. The zero-order chi connectivity index (χ0) is 19.2. The number of ether oxygens (including phenoxy) is 3. The highest BCUT2D eigenvalue weighted by molar-refractivity contribution is 5.93. The fraction of sp³-hybridized carbons (Fsp3) is 0.364. The van der Waals surface area contributed by atoms with Crippen LogP contribution in [0.25, 0.3) is 22.2 Å². The van der Waals surface area contributed by atoms with E-state index in [2.05, 4.69) is 17.1 Å². The zero-order valence-electron chi connectivity index (χ0n) is 16.3. The highest BCUT2D eigenvalue weighted by atomic mass is 16.5. The van der Waals surface area contributed by atoms with Crippen LogP contribution in [0, 0.1) is 0 Å². The molecule has 0 radical (unpaired) electrons. The van der Waals surface area contributed by atoms with Gasteiger partial charge in [-0.15, -0.1) is 0 Å². The number of aromatic amines is 1. The summed E-state index contributed by atoms with van der Waals surface area (Å²) in [5.41, 5.74) is 10.1. The summed E-state index contributed by atoms with van der Waals surface area (Å²) in [6.45, 7) is 3.34. The molecule has 3 N–H and O–H groups in total. The summed E-state index contributed by atoms with van der Waals surface area (Å²) in [5, 5.41) is 1.18. The van der Waals surface area contributed by atoms with E-state index in [1.807, 2.05) is 31.2 Å². The van der Waals surface area contributed by atoms with Crippen molar-refractivity contribution in [1.29, 1.82) is 0 Å². The Morgan fingerprint density at radius 2 is 1.78 bits per heavy atom. The van der Waals surface area contributed by atoms with Crippen LogP contribution < -0.4 is 19.9 Å². The van der Waals surface area contributed by atoms with Crippen molar-refractivity contribution in [2.75, 3.05) is 27.4 Å². The van der Waals surface area contributed by atoms with Crippen molar-refractivity contribution >= 4 is 10.9 Å². The van der Waals surface area contributed by atoms with Crippen LogP contribution in [0.15, 0.2) is 36.4 Å². The monoisotopic (exact) mass is 368 g/mol. The fourth-order valence-electron chi connectivity index (χ4n) is 3.43. The van der Waals surface area contributed by atoms with Crippen molar-refractivity contribution in [3.8, 4) is 28.5 Å². The third-order valence-electron chi connectivity index (χ3n) is 4.75. The molecule has 27 heavy (non-hydrogen) atoms. The summed E-state index contributed by atoms with van der Waals surface area (Å²) in [4.78, 5) is 3.58. The van der Waals surface area contributed by atoms with Gasteiger partial charge in [0, 0.05) is 16.5 Å². The Labute approximate surface area is 160 Å². The lowest BCUT2D eigenvalue weighted by Gasteiger charge is -2.12. The van der Waals surface area contributed by atoms with Crippen molar-refractivity contribution in [3.63, 3.8) is 0 Å². The number of aryl methyl sites for hydroxylation is 1. The summed E-state index contributed by atoms with van der Waals surface area (Å²) in [7, 11) is 3.36. The van der Waals surface area contributed by atoms with E-state index < -0.39 is 0 Å². The molecule has 0 fully saturated rings. The number of nitrogens with two attached hydrogens (primary N) is 1. The number of benzene rings is 2. The number of unbranched alkanes of at least 4 members (excludes halogenated alkanes) is 1. The van der Waals surface area contributed by atoms with E-state index in [9.17, 15) is 0 Å². The van der Waals surface area contributed by atoms with Crippen LogP contribution in [0.2, 0.25) is 0 Å². The molecule has 0 aliphatic rings. The quantitative estimate of drug-likeness (QED) is 0.544. The first-order valence-electron chi connectivity index (χ1n) is 9.41. The molecule has 3 rings (SSSR count). The van der Waals surface area contributed by atoms with Gasteiger partial charge >= 0.3 is 0 Å². The van der Waals surface area contributed by atoms with Gasteiger partial charge in [-0.3, -0.25) is 0 Å². The average Bonchev–Trinajstić information content (AvgIpc) is 3.06. The molecule has 0 saturated carbocycles. The van der Waals surface area contributed by atoms with Gasteiger partial charge in [0.25, 0.3) is 0 Å². The zero-order valence-corrected chi connectivity index (χ0v) is 16.3. The Morgan fingerprint density at radius 3 is 2.48 bits per heavy atom. The summed E-state index contributed by atoms with van der Waals surface area (Å²) in [6, 6.07) is 12.0. The van der Waals surface area contributed by atoms with Gasteiger partial charge in [-0.25, -0.2) is 0 Å². The lowest BCUT2D eigenvalue weighted by atomic mass is 9.99. The number of hydrogen-bond acceptors (Lipinski definition) is 4. The Balaban J connectivity index is 2.17. The highest BCUT2D eigenvalue weighted by Crippen LogP contribution is 2.39. The molecule has 5 nitrogen and oxygen atoms in total. The SMILES string of the molecule is CCOc1ccc2[nH]c(-c3cc(OC)ccc3OC)c(CCCCN)c2c1. The second-order valence-corrected chi connectivity index (χ2v) is 6.43. The van der Waals surface area contributed by atoms with E-state index in [1.54, 1.807) is 14.2 Å². The Hall–Kier alpha value is -2.66. The standard InChI is InChI=1S/C22H28N2O3/c1-4-27-16-8-10-20-18(14-16)17(7-5-6-12-23)22(24-20)19-13-15(25-2)9-11-21(19)26-3/h8-11,13-14,24H,4-7,12,23H2,1-3H3. The van der Waals surface area contributed by atoms with Gasteiger partial charge in [-0.05, 0) is 74.7 Å². The molecule has 0 spiro atoms. The van der Waals surface area contributed by atoms with Crippen molar-refractivity contribution in [2.45, 2.75) is 26.2 Å². The fourth-order valence-corrected chi connectivity index (χ4v) is 3.43. The van der Waals surface area contributed by atoms with Gasteiger partial charge < -0.3 is 24.9 Å². The Bertz CT molecular complexity index is 902. The van der Waals surface area contributed by atoms with Crippen LogP contribution in [-0.4, -0.2) is 32.4 Å². The first kappa shape index (κ1) is 19.1. The minimum absolute atomic E-state index is 0.648. The molecule has 5 heteroatoms. The first-order chi connectivity index (χ1) is 13.2. The second kappa shape index (κ2) is 8.82. The Morgan fingerprint density at radius 1 is 0.963 bits per heavy atom. The number of aromatic nitrogens is 1. The normalized spacial score (nSPS) is 11.0. The van der Waals surface area contributed by atoms with Crippen molar-refractivity contribution in [1.82, 2.24) is 4.98 Å². The molecule has 0 unspecified atom stereocenters. The molecule has 0 aliphatic heterocycles. The highest BCUT2D eigenvalue weighted by Gasteiger charge is 2.17. The predicted molar refractivity (Wildman–Crippen MR) is 110 cm³/mol. The van der Waals surface area contributed by atoms with Crippen LogP contribution in [0.5, 0.6) is 17.2 Å². The van der Waals surface area contributed by atoms with E-state index in [0.29, 0.717) is 13.2 Å². The number of fused-ring (bicyclic) bond motifs is 1. The van der Waals surface area contributed by atoms with Crippen LogP contribution >= 0.6 is 0 Å². The smallest absolute Gasteiger partial charge is 0.128 e. The molecule has 0 bridgehead atoms. The summed E-state index contributed by atoms with van der Waals surface area (Å²) in [6.07, 6.45) is 2.95. The molecule has 3 aromatic rings. The number of rotatable bonds is 9. The molecule has 1 aromatic heterocycles. The van der Waals surface area contributed by atoms with E-state index in [4.69, 9.17) is 19.9 Å². The van der Waals surface area contributed by atoms with Gasteiger partial charge in [-0.1, -0.05) is 0 Å². The number of nitrogens with one attached hydrogen (secondary N) is 1. The van der Waals surface area contributed by atoms with Crippen molar-refractivity contribution < 1.29 is 14.2 Å². The third-order valence-corrected chi connectivity index (χ3v) is 4.75. The second-order valence-electron chi connectivity index (χ2n) is 6.43.